The summed E-state index contributed by atoms with van der Waals surface area (Å²) in [6.45, 7) is 2.21. The van der Waals surface area contributed by atoms with E-state index in [2.05, 4.69) is 18.4 Å². The summed E-state index contributed by atoms with van der Waals surface area (Å²) < 4.78 is 0. The third kappa shape index (κ3) is 2.52. The zero-order valence-corrected chi connectivity index (χ0v) is 9.43. The average Bonchev–Trinajstić information content (AvgIpc) is 1.98. The highest BCUT2D eigenvalue weighted by Crippen LogP contribution is 2.15. The lowest BCUT2D eigenvalue weighted by Crippen LogP contribution is -2.46. The lowest BCUT2D eigenvalue weighted by molar-refractivity contribution is 0.537. The number of rotatable bonds is 2. The van der Waals surface area contributed by atoms with E-state index in [-0.39, 0.29) is 0 Å². The predicted octanol–water partition coefficient (Wildman–Crippen LogP) is -0.0498. The van der Waals surface area contributed by atoms with Crippen LogP contribution in [0, 0.1) is 0 Å². The van der Waals surface area contributed by atoms with Gasteiger partial charge < -0.3 is 11.1 Å². The Balaban J connectivity index is 2.45. The van der Waals surface area contributed by atoms with E-state index in [1.54, 1.807) is 0 Å². The summed E-state index contributed by atoms with van der Waals surface area (Å²) >= 11 is 1.15. The highest BCUT2D eigenvalue weighted by atomic mass is 27.0. The second kappa shape index (κ2) is 4.16. The van der Waals surface area contributed by atoms with Crippen LogP contribution in [0.1, 0.15) is 26.2 Å². The monoisotopic (exact) mass is 168 g/mol. The van der Waals surface area contributed by atoms with Gasteiger partial charge in [-0.25, -0.2) is 0 Å². The Kier molecular flexibility index (Phi) is 3.45. The largest absolute Gasteiger partial charge is 0.401 e. The Bertz CT molecular complexity index is 156. The van der Waals surface area contributed by atoms with Crippen molar-refractivity contribution >= 4 is 16.3 Å². The summed E-state index contributed by atoms with van der Waals surface area (Å²) in [6.07, 6.45) is 5.71. The molecule has 0 bridgehead atoms. The molecule has 0 aromatic rings. The van der Waals surface area contributed by atoms with Crippen LogP contribution in [0.25, 0.3) is 0 Å². The molecule has 0 amide bonds. The number of hydrogen-bond acceptors (Lipinski definition) is 2. The minimum absolute atomic E-state index is 0.369. The molecule has 0 radical (unpaired) electrons. The van der Waals surface area contributed by atoms with Gasteiger partial charge in [0.05, 0.1) is 0 Å². The molecule has 1 aliphatic heterocycles. The Hall–Kier alpha value is 0.0325. The van der Waals surface area contributed by atoms with Gasteiger partial charge in [0.15, 0.2) is 0 Å². The van der Waals surface area contributed by atoms with Crippen LogP contribution in [-0.4, -0.2) is 27.2 Å². The Morgan fingerprint density at radius 1 is 1.82 bits per heavy atom. The smallest absolute Gasteiger partial charge is 0.250 e. The van der Waals surface area contributed by atoms with Gasteiger partial charge in [-0.3, -0.25) is 0 Å². The molecule has 1 unspecified atom stereocenters. The van der Waals surface area contributed by atoms with E-state index in [0.717, 1.165) is 22.7 Å². The third-order valence-corrected chi connectivity index (χ3v) is 3.45. The van der Waals surface area contributed by atoms with Crippen LogP contribution in [0.3, 0.4) is 0 Å². The van der Waals surface area contributed by atoms with E-state index in [1.807, 2.05) is 0 Å². The molecule has 1 heterocycles. The van der Waals surface area contributed by atoms with Crippen molar-refractivity contribution in [3.05, 3.63) is 11.8 Å². The highest BCUT2D eigenvalue weighted by molar-refractivity contribution is 6.12. The number of hydrogen-bond donors (Lipinski definition) is 2. The van der Waals surface area contributed by atoms with Crippen LogP contribution in [-0.2, 0) is 0 Å². The van der Waals surface area contributed by atoms with Crippen LogP contribution >= 0.6 is 0 Å². The van der Waals surface area contributed by atoms with Crippen molar-refractivity contribution in [1.29, 1.82) is 0 Å². The first-order valence-corrected chi connectivity index (χ1v) is 5.59. The van der Waals surface area contributed by atoms with E-state index in [9.17, 15) is 0 Å². The maximum absolute atomic E-state index is 5.93. The van der Waals surface area contributed by atoms with E-state index in [1.165, 1.54) is 18.4 Å². The summed E-state index contributed by atoms with van der Waals surface area (Å²) in [5.74, 6) is 0. The van der Waals surface area contributed by atoms with Gasteiger partial charge in [0.2, 0.25) is 16.3 Å². The fourth-order valence-electron chi connectivity index (χ4n) is 1.41. The molecule has 3 heteroatoms. The molecule has 1 rings (SSSR count). The summed E-state index contributed by atoms with van der Waals surface area (Å²) in [4.78, 5) is 0.579. The van der Waals surface area contributed by atoms with Gasteiger partial charge in [-0.1, -0.05) is 18.9 Å². The van der Waals surface area contributed by atoms with Crippen LogP contribution in [0.2, 0.25) is 0 Å². The van der Waals surface area contributed by atoms with E-state index >= 15 is 0 Å². The molecular weight excluding hydrogens is 151 g/mol. The lowest BCUT2D eigenvalue weighted by atomic mass is 10.0. The van der Waals surface area contributed by atoms with Gasteiger partial charge in [-0.15, -0.1) is 0 Å². The molecule has 0 saturated carbocycles. The van der Waals surface area contributed by atoms with E-state index in [4.69, 9.17) is 5.73 Å². The zero-order chi connectivity index (χ0) is 8.27. The zero-order valence-electron chi connectivity index (χ0n) is 7.43. The molecule has 0 aliphatic carbocycles. The number of nitrogens with one attached hydrogen (secondary N) is 1. The molecule has 62 valence electrons. The SMILES string of the molecule is CCCC1=CN[CH]([AlH2])[C@H](N)C1. The molecule has 3 N–H and O–H groups in total. The predicted molar refractivity (Wildman–Crippen MR) is 51.1 cm³/mol. The maximum Gasteiger partial charge on any atom is 0.250 e. The first-order chi connectivity index (χ1) is 5.24. The Morgan fingerprint density at radius 2 is 2.55 bits per heavy atom. The number of nitrogens with two attached hydrogens (primary N) is 1. The van der Waals surface area contributed by atoms with E-state index in [0.29, 0.717) is 10.9 Å². The fraction of sp³-hybridized carbons (Fsp3) is 0.750. The molecule has 0 fully saturated rings. The van der Waals surface area contributed by atoms with Crippen molar-refractivity contribution in [2.75, 3.05) is 0 Å². The highest BCUT2D eigenvalue weighted by Gasteiger charge is 2.16. The summed E-state index contributed by atoms with van der Waals surface area (Å²) in [5, 5.41) is 3.34. The minimum atomic E-state index is 0.369. The van der Waals surface area contributed by atoms with Gasteiger partial charge in [0.1, 0.15) is 0 Å². The molecule has 1 aliphatic rings. The maximum atomic E-state index is 5.93. The molecule has 0 aromatic heterocycles. The van der Waals surface area contributed by atoms with Crippen LogP contribution in [0.5, 0.6) is 0 Å². The lowest BCUT2D eigenvalue weighted by Gasteiger charge is -2.27. The van der Waals surface area contributed by atoms with Crippen molar-refractivity contribution in [3.8, 4) is 0 Å². The third-order valence-electron chi connectivity index (χ3n) is 2.26. The van der Waals surface area contributed by atoms with Crippen molar-refractivity contribution in [2.45, 2.75) is 37.1 Å². The van der Waals surface area contributed by atoms with Crippen molar-refractivity contribution in [2.24, 2.45) is 5.73 Å². The average molecular weight is 168 g/mol. The Labute approximate surface area is 76.6 Å². The molecule has 2 atom stereocenters. The van der Waals surface area contributed by atoms with Crippen LogP contribution in [0.15, 0.2) is 11.8 Å². The van der Waals surface area contributed by atoms with Crippen molar-refractivity contribution in [1.82, 2.24) is 5.32 Å². The van der Waals surface area contributed by atoms with Crippen molar-refractivity contribution < 1.29 is 0 Å². The second-order valence-electron chi connectivity index (χ2n) is 3.38. The van der Waals surface area contributed by atoms with Gasteiger partial charge in [-0.2, -0.15) is 0 Å². The summed E-state index contributed by atoms with van der Waals surface area (Å²) in [5.41, 5.74) is 7.42. The van der Waals surface area contributed by atoms with Gasteiger partial charge >= 0.3 is 0 Å². The van der Waals surface area contributed by atoms with Crippen LogP contribution < -0.4 is 11.1 Å². The molecular formula is C8H17AlN2. The van der Waals surface area contributed by atoms with Gasteiger partial charge in [-0.05, 0) is 23.9 Å². The topological polar surface area (TPSA) is 38.0 Å². The molecule has 11 heavy (non-hydrogen) atoms. The summed E-state index contributed by atoms with van der Waals surface area (Å²) in [7, 11) is 0. The second-order valence-corrected chi connectivity index (χ2v) is 4.62. The van der Waals surface area contributed by atoms with Gasteiger partial charge in [0, 0.05) is 6.04 Å². The molecule has 0 aromatic carbocycles. The first kappa shape index (κ1) is 9.12. The first-order valence-electron chi connectivity index (χ1n) is 4.43. The fourth-order valence-corrected chi connectivity index (χ4v) is 1.81. The van der Waals surface area contributed by atoms with E-state index < -0.39 is 0 Å². The normalized spacial score (nSPS) is 30.9. The molecule has 2 nitrogen and oxygen atoms in total. The minimum Gasteiger partial charge on any atom is -0.401 e. The van der Waals surface area contributed by atoms with Crippen molar-refractivity contribution in [3.63, 3.8) is 0 Å². The summed E-state index contributed by atoms with van der Waals surface area (Å²) in [6, 6.07) is 0.369. The Morgan fingerprint density at radius 3 is 3.09 bits per heavy atom. The standard InChI is InChI=1S/C8H15N2.Al.2H/c1-2-3-7-4-8(9)6-10-5-7;;;/h5-6,8,10H,2-4,9H2,1H3;;;/t8-;;;/m1.../s1. The molecule has 0 spiro atoms. The van der Waals surface area contributed by atoms with Crippen LogP contribution in [0.4, 0.5) is 0 Å². The quantitative estimate of drug-likeness (QED) is 0.567. The molecule has 0 saturated heterocycles. The van der Waals surface area contributed by atoms with Gasteiger partial charge in [0.25, 0.3) is 0 Å².